The van der Waals surface area contributed by atoms with Crippen molar-refractivity contribution in [3.8, 4) is 22.6 Å². The van der Waals surface area contributed by atoms with Crippen molar-refractivity contribution in [1.29, 1.82) is 0 Å². The lowest BCUT2D eigenvalue weighted by Gasteiger charge is -2.15. The highest BCUT2D eigenvalue weighted by Crippen LogP contribution is 2.22. The molecule has 7 heteroatoms. The first-order chi connectivity index (χ1) is 14.5. The van der Waals surface area contributed by atoms with Gasteiger partial charge in [-0.25, -0.2) is 4.39 Å². The van der Waals surface area contributed by atoms with Crippen molar-refractivity contribution < 1.29 is 23.5 Å². The fourth-order valence-electron chi connectivity index (χ4n) is 2.58. The van der Waals surface area contributed by atoms with E-state index in [1.165, 1.54) is 25.1 Å². The van der Waals surface area contributed by atoms with Gasteiger partial charge in [0.05, 0.1) is 0 Å². The van der Waals surface area contributed by atoms with Crippen LogP contribution in [0.1, 0.15) is 6.92 Å². The predicted octanol–water partition coefficient (Wildman–Crippen LogP) is 3.49. The number of benzene rings is 3. The molecule has 0 aromatic heterocycles. The van der Waals surface area contributed by atoms with Crippen LogP contribution in [0, 0.1) is 5.82 Å². The summed E-state index contributed by atoms with van der Waals surface area (Å²) in [6.07, 6.45) is -1.01. The highest BCUT2D eigenvalue weighted by Gasteiger charge is 2.17. The van der Waals surface area contributed by atoms with Gasteiger partial charge in [0, 0.05) is 0 Å². The summed E-state index contributed by atoms with van der Waals surface area (Å²) < 4.78 is 24.2. The van der Waals surface area contributed by atoms with Gasteiger partial charge >= 0.3 is 0 Å². The van der Waals surface area contributed by atoms with Gasteiger partial charge in [0.1, 0.15) is 5.75 Å². The van der Waals surface area contributed by atoms with Crippen LogP contribution in [-0.4, -0.2) is 24.5 Å². The molecule has 3 rings (SSSR count). The van der Waals surface area contributed by atoms with Crippen molar-refractivity contribution >= 4 is 11.8 Å². The van der Waals surface area contributed by atoms with Crippen molar-refractivity contribution in [2.24, 2.45) is 0 Å². The average Bonchev–Trinajstić information content (AvgIpc) is 2.78. The van der Waals surface area contributed by atoms with E-state index in [9.17, 15) is 14.0 Å². The molecule has 0 spiro atoms. The summed E-state index contributed by atoms with van der Waals surface area (Å²) in [6.45, 7) is 1.16. The van der Waals surface area contributed by atoms with Crippen molar-refractivity contribution in [2.45, 2.75) is 13.0 Å². The Bertz CT molecular complexity index is 994. The molecule has 0 fully saturated rings. The molecule has 2 N–H and O–H groups in total. The van der Waals surface area contributed by atoms with Crippen LogP contribution in [-0.2, 0) is 9.59 Å². The van der Waals surface area contributed by atoms with E-state index in [1.807, 2.05) is 42.5 Å². The predicted molar refractivity (Wildman–Crippen MR) is 110 cm³/mol. The fraction of sp³-hybridized carbons (Fsp3) is 0.130. The molecule has 0 aliphatic rings. The van der Waals surface area contributed by atoms with Crippen LogP contribution in [0.15, 0.2) is 78.9 Å². The number of hydrogen-bond acceptors (Lipinski definition) is 4. The van der Waals surface area contributed by atoms with Gasteiger partial charge in [-0.05, 0) is 42.3 Å². The van der Waals surface area contributed by atoms with Gasteiger partial charge in [-0.2, -0.15) is 0 Å². The molecule has 3 aromatic rings. The minimum atomic E-state index is -1.01. The number of rotatable bonds is 7. The van der Waals surface area contributed by atoms with Crippen molar-refractivity contribution in [1.82, 2.24) is 10.9 Å². The van der Waals surface area contributed by atoms with Crippen LogP contribution in [0.5, 0.6) is 11.5 Å². The van der Waals surface area contributed by atoms with Gasteiger partial charge in [-0.15, -0.1) is 0 Å². The van der Waals surface area contributed by atoms with Crippen LogP contribution in [0.3, 0.4) is 0 Å². The maximum atomic E-state index is 13.6. The third-order valence-electron chi connectivity index (χ3n) is 4.17. The van der Waals surface area contributed by atoms with Gasteiger partial charge in [0.2, 0.25) is 0 Å². The topological polar surface area (TPSA) is 76.7 Å². The number of amides is 2. The minimum absolute atomic E-state index is 0.0474. The Morgan fingerprint density at radius 2 is 1.50 bits per heavy atom. The van der Waals surface area contributed by atoms with Crippen LogP contribution >= 0.6 is 0 Å². The Morgan fingerprint density at radius 1 is 0.867 bits per heavy atom. The summed E-state index contributed by atoms with van der Waals surface area (Å²) >= 11 is 0. The molecule has 1 atom stereocenters. The van der Waals surface area contributed by atoms with Gasteiger partial charge in [-0.3, -0.25) is 20.4 Å². The second kappa shape index (κ2) is 10.1. The van der Waals surface area contributed by atoms with Crippen LogP contribution in [0.25, 0.3) is 11.1 Å². The molecule has 0 heterocycles. The maximum Gasteiger partial charge on any atom is 0.279 e. The molecular formula is C23H21FN2O4. The minimum Gasteiger partial charge on any atom is -0.484 e. The summed E-state index contributed by atoms with van der Waals surface area (Å²) in [5.41, 5.74) is 6.57. The molecule has 0 saturated heterocycles. The molecule has 30 heavy (non-hydrogen) atoms. The van der Waals surface area contributed by atoms with Crippen LogP contribution < -0.4 is 20.3 Å². The van der Waals surface area contributed by atoms with E-state index in [1.54, 1.807) is 18.2 Å². The Hall–Kier alpha value is -3.87. The SMILES string of the molecule is C[C@H](Oc1ccccc1F)C(=O)NNC(=O)COc1ccc(-c2ccccc2)cc1. The number of hydrazine groups is 1. The third-order valence-corrected chi connectivity index (χ3v) is 4.17. The van der Waals surface area contributed by atoms with E-state index >= 15 is 0 Å². The van der Waals surface area contributed by atoms with Gasteiger partial charge in [-0.1, -0.05) is 54.6 Å². The Labute approximate surface area is 173 Å². The van der Waals surface area contributed by atoms with Crippen LogP contribution in [0.2, 0.25) is 0 Å². The lowest BCUT2D eigenvalue weighted by Crippen LogP contribution is -2.48. The zero-order valence-electron chi connectivity index (χ0n) is 16.3. The number of ether oxygens (including phenoxy) is 2. The van der Waals surface area contributed by atoms with E-state index in [-0.39, 0.29) is 12.4 Å². The maximum absolute atomic E-state index is 13.6. The largest absolute Gasteiger partial charge is 0.484 e. The first kappa shape index (κ1) is 20.9. The third kappa shape index (κ3) is 5.81. The second-order valence-electron chi connectivity index (χ2n) is 6.41. The molecule has 6 nitrogen and oxygen atoms in total. The molecule has 0 aliphatic carbocycles. The molecule has 0 unspecified atom stereocenters. The molecule has 0 aliphatic heterocycles. The van der Waals surface area contributed by atoms with Gasteiger partial charge in [0.15, 0.2) is 24.3 Å². The molecule has 3 aromatic carbocycles. The van der Waals surface area contributed by atoms with Gasteiger partial charge < -0.3 is 9.47 Å². The number of halogens is 1. The van der Waals surface area contributed by atoms with E-state index in [4.69, 9.17) is 9.47 Å². The van der Waals surface area contributed by atoms with Crippen molar-refractivity contribution in [3.63, 3.8) is 0 Å². The lowest BCUT2D eigenvalue weighted by atomic mass is 10.1. The monoisotopic (exact) mass is 408 g/mol. The van der Waals surface area contributed by atoms with Crippen molar-refractivity contribution in [2.75, 3.05) is 6.61 Å². The highest BCUT2D eigenvalue weighted by atomic mass is 19.1. The first-order valence-electron chi connectivity index (χ1n) is 9.31. The average molecular weight is 408 g/mol. The molecule has 0 bridgehead atoms. The zero-order valence-corrected chi connectivity index (χ0v) is 16.3. The summed E-state index contributed by atoms with van der Waals surface area (Å²) in [7, 11) is 0. The summed E-state index contributed by atoms with van der Waals surface area (Å²) in [4.78, 5) is 23.9. The molecular weight excluding hydrogens is 387 g/mol. The smallest absolute Gasteiger partial charge is 0.279 e. The highest BCUT2D eigenvalue weighted by molar-refractivity contribution is 5.85. The quantitative estimate of drug-likeness (QED) is 0.587. The van der Waals surface area contributed by atoms with Crippen LogP contribution in [0.4, 0.5) is 4.39 Å². The molecule has 0 saturated carbocycles. The van der Waals surface area contributed by atoms with Gasteiger partial charge in [0.25, 0.3) is 11.8 Å². The van der Waals surface area contributed by atoms with E-state index < -0.39 is 23.7 Å². The number of carbonyl (C=O) groups excluding carboxylic acids is 2. The first-order valence-corrected chi connectivity index (χ1v) is 9.31. The number of nitrogens with one attached hydrogen (secondary N) is 2. The van der Waals surface area contributed by atoms with E-state index in [2.05, 4.69) is 10.9 Å². The summed E-state index contributed by atoms with van der Waals surface area (Å²) in [5, 5.41) is 0. The second-order valence-corrected chi connectivity index (χ2v) is 6.41. The molecule has 0 radical (unpaired) electrons. The Morgan fingerprint density at radius 3 is 2.20 bits per heavy atom. The normalized spacial score (nSPS) is 11.3. The van der Waals surface area contributed by atoms with E-state index in [0.29, 0.717) is 5.75 Å². The summed E-state index contributed by atoms with van der Waals surface area (Å²) in [6, 6.07) is 22.9. The molecule has 154 valence electrons. The number of para-hydroxylation sites is 1. The Kier molecular flexibility index (Phi) is 7.00. The molecule has 2 amide bonds. The Balaban J connectivity index is 1.42. The van der Waals surface area contributed by atoms with Crippen molar-refractivity contribution in [3.05, 3.63) is 84.7 Å². The summed E-state index contributed by atoms with van der Waals surface area (Å²) in [5.74, 6) is -1.28. The van der Waals surface area contributed by atoms with E-state index in [0.717, 1.165) is 11.1 Å². The standard InChI is InChI=1S/C23H21FN2O4/c1-16(30-21-10-6-5-9-20(21)24)23(28)26-25-22(27)15-29-19-13-11-18(12-14-19)17-7-3-2-4-8-17/h2-14,16H,15H2,1H3,(H,25,27)(H,26,28)/t16-/m0/s1. The lowest BCUT2D eigenvalue weighted by molar-refractivity contribution is -0.133. The fourth-order valence-corrected chi connectivity index (χ4v) is 2.58. The number of hydrogen-bond donors (Lipinski definition) is 2. The zero-order chi connectivity index (χ0) is 21.3. The number of carbonyl (C=O) groups is 2.